The molecule has 3 nitrogen and oxygen atoms in total. The van der Waals surface area contributed by atoms with Gasteiger partial charge in [0.25, 0.3) is 8.56 Å². The lowest BCUT2D eigenvalue weighted by Gasteiger charge is -2.46. The summed E-state index contributed by atoms with van der Waals surface area (Å²) in [5, 5.41) is 0. The second-order valence-corrected chi connectivity index (χ2v) is 17.9. The average Bonchev–Trinajstić information content (AvgIpc) is 2.44. The number of unbranched alkanes of at least 4 members (excludes halogenated alkanes) is 5. The fourth-order valence-electron chi connectivity index (χ4n) is 3.62. The van der Waals surface area contributed by atoms with Crippen LogP contribution in [0.4, 0.5) is 0 Å². The molecule has 0 fully saturated rings. The molecule has 138 valence electrons. The molecule has 0 spiro atoms. The summed E-state index contributed by atoms with van der Waals surface area (Å²) >= 11 is 0. The minimum Gasteiger partial charge on any atom is -0.305 e. The maximum Gasteiger partial charge on any atom is 0.288 e. The van der Waals surface area contributed by atoms with Crippen molar-refractivity contribution >= 4 is 16.6 Å². The SMILES string of the molecule is C=C[Si](C)(C)CCCCCCCC[Si](N(C)C)(N(C)C)N(C)C. The van der Waals surface area contributed by atoms with E-state index in [4.69, 9.17) is 0 Å². The minimum absolute atomic E-state index is 1.06. The second-order valence-electron chi connectivity index (χ2n) is 8.27. The quantitative estimate of drug-likeness (QED) is 0.358. The summed E-state index contributed by atoms with van der Waals surface area (Å²) < 4.78 is 7.44. The van der Waals surface area contributed by atoms with Gasteiger partial charge in [0, 0.05) is 0 Å². The molecular formula is C18H43N3Si2. The molecule has 0 aromatic carbocycles. The van der Waals surface area contributed by atoms with Gasteiger partial charge in [-0.25, -0.2) is 0 Å². The lowest BCUT2D eigenvalue weighted by atomic mass is 10.1. The summed E-state index contributed by atoms with van der Waals surface area (Å²) in [6.07, 6.45) is 8.34. The molecule has 0 aromatic heterocycles. The highest BCUT2D eigenvalue weighted by Crippen LogP contribution is 2.22. The summed E-state index contributed by atoms with van der Waals surface area (Å²) in [6.45, 7) is 8.84. The molecule has 0 aliphatic rings. The molecule has 0 saturated heterocycles. The maximum atomic E-state index is 3.99. The first-order valence-electron chi connectivity index (χ1n) is 9.26. The fraction of sp³-hybridized carbons (Fsp3) is 0.889. The molecule has 5 heteroatoms. The van der Waals surface area contributed by atoms with Crippen LogP contribution < -0.4 is 0 Å². The molecule has 0 atom stereocenters. The van der Waals surface area contributed by atoms with Crippen LogP contribution in [0, 0.1) is 0 Å². The predicted octanol–water partition coefficient (Wildman–Crippen LogP) is 4.38. The normalized spacial score (nSPS) is 13.3. The lowest BCUT2D eigenvalue weighted by molar-refractivity contribution is 0.372. The van der Waals surface area contributed by atoms with Crippen LogP contribution in [-0.4, -0.2) is 72.6 Å². The average molecular weight is 358 g/mol. The van der Waals surface area contributed by atoms with Crippen LogP contribution in [0.5, 0.6) is 0 Å². The van der Waals surface area contributed by atoms with Crippen molar-refractivity contribution in [1.82, 2.24) is 13.7 Å². The van der Waals surface area contributed by atoms with Gasteiger partial charge in [-0.1, -0.05) is 57.7 Å². The Balaban J connectivity index is 4.03. The highest BCUT2D eigenvalue weighted by Gasteiger charge is 2.41. The van der Waals surface area contributed by atoms with E-state index in [1.807, 2.05) is 0 Å². The first-order chi connectivity index (χ1) is 10.6. The van der Waals surface area contributed by atoms with Crippen molar-refractivity contribution in [2.24, 2.45) is 0 Å². The Morgan fingerprint density at radius 3 is 1.35 bits per heavy atom. The van der Waals surface area contributed by atoms with E-state index >= 15 is 0 Å². The van der Waals surface area contributed by atoms with Gasteiger partial charge in [-0.2, -0.15) is 0 Å². The Morgan fingerprint density at radius 2 is 1.00 bits per heavy atom. The lowest BCUT2D eigenvalue weighted by Crippen LogP contribution is -2.69. The molecule has 23 heavy (non-hydrogen) atoms. The zero-order valence-electron chi connectivity index (χ0n) is 17.3. The molecule has 0 heterocycles. The Labute approximate surface area is 149 Å². The van der Waals surface area contributed by atoms with E-state index in [0.29, 0.717) is 0 Å². The van der Waals surface area contributed by atoms with Crippen molar-refractivity contribution in [3.05, 3.63) is 12.3 Å². The van der Waals surface area contributed by atoms with Gasteiger partial charge in [-0.15, -0.1) is 12.3 Å². The third-order valence-electron chi connectivity index (χ3n) is 5.28. The number of rotatable bonds is 13. The largest absolute Gasteiger partial charge is 0.305 e. The highest BCUT2D eigenvalue weighted by molar-refractivity contribution is 6.82. The first-order valence-corrected chi connectivity index (χ1v) is 14.6. The standard InChI is InChI=1S/C18H43N3Si2/c1-10-22(8,9)17-15-13-11-12-14-16-18-23(19(2)3,20(4)5)21(6)7/h10H,1,11-18H2,2-9H3. The molecule has 0 amide bonds. The van der Waals surface area contributed by atoms with Crippen LogP contribution in [0.15, 0.2) is 12.3 Å². The van der Waals surface area contributed by atoms with Crippen molar-refractivity contribution < 1.29 is 0 Å². The van der Waals surface area contributed by atoms with Gasteiger partial charge in [-0.3, -0.25) is 0 Å². The maximum absolute atomic E-state index is 3.99. The molecule has 0 N–H and O–H groups in total. The number of nitrogens with zero attached hydrogens (tertiary/aromatic N) is 3. The Morgan fingerprint density at radius 1 is 0.652 bits per heavy atom. The molecule has 0 bridgehead atoms. The van der Waals surface area contributed by atoms with E-state index < -0.39 is 16.6 Å². The summed E-state index contributed by atoms with van der Waals surface area (Å²) in [7, 11) is 10.8. The fourth-order valence-corrected chi connectivity index (χ4v) is 9.45. The summed E-state index contributed by atoms with van der Waals surface area (Å²) in [6, 6.07) is 2.74. The Bertz CT molecular complexity index is 306. The molecule has 0 unspecified atom stereocenters. The van der Waals surface area contributed by atoms with E-state index in [-0.39, 0.29) is 0 Å². The molecule has 0 radical (unpaired) electrons. The Hall–Kier alpha value is 0.0538. The zero-order chi connectivity index (χ0) is 18.1. The minimum atomic E-state index is -1.64. The van der Waals surface area contributed by atoms with Crippen molar-refractivity contribution in [2.45, 2.75) is 63.7 Å². The molecule has 0 aromatic rings. The van der Waals surface area contributed by atoms with Gasteiger partial charge in [0.15, 0.2) is 0 Å². The number of hydrogen-bond donors (Lipinski definition) is 0. The number of hydrogen-bond acceptors (Lipinski definition) is 3. The van der Waals surface area contributed by atoms with Crippen molar-refractivity contribution in [3.63, 3.8) is 0 Å². The predicted molar refractivity (Wildman–Crippen MR) is 112 cm³/mol. The smallest absolute Gasteiger partial charge is 0.288 e. The molecule has 0 aliphatic heterocycles. The first kappa shape index (κ1) is 23.1. The van der Waals surface area contributed by atoms with E-state index in [1.54, 1.807) is 0 Å². The third-order valence-corrected chi connectivity index (χ3v) is 13.4. The van der Waals surface area contributed by atoms with Crippen LogP contribution in [0.1, 0.15) is 38.5 Å². The van der Waals surface area contributed by atoms with E-state index in [9.17, 15) is 0 Å². The van der Waals surface area contributed by atoms with E-state index in [1.165, 1.54) is 50.6 Å². The van der Waals surface area contributed by atoms with Gasteiger partial charge in [0.05, 0.1) is 8.07 Å². The summed E-state index contributed by atoms with van der Waals surface area (Å²) in [5.74, 6) is 0. The van der Waals surface area contributed by atoms with E-state index in [2.05, 4.69) is 81.4 Å². The molecule has 0 aliphatic carbocycles. The van der Waals surface area contributed by atoms with Crippen LogP contribution in [-0.2, 0) is 0 Å². The van der Waals surface area contributed by atoms with Crippen LogP contribution in [0.25, 0.3) is 0 Å². The van der Waals surface area contributed by atoms with Gasteiger partial charge in [-0.05, 0) is 48.3 Å². The zero-order valence-corrected chi connectivity index (χ0v) is 19.3. The van der Waals surface area contributed by atoms with Crippen molar-refractivity contribution in [3.8, 4) is 0 Å². The molecular weight excluding hydrogens is 314 g/mol. The van der Waals surface area contributed by atoms with Crippen LogP contribution in [0.3, 0.4) is 0 Å². The molecule has 0 saturated carbocycles. The van der Waals surface area contributed by atoms with Crippen LogP contribution in [0.2, 0.25) is 25.2 Å². The van der Waals surface area contributed by atoms with Crippen LogP contribution >= 0.6 is 0 Å². The topological polar surface area (TPSA) is 9.72 Å². The summed E-state index contributed by atoms with van der Waals surface area (Å²) in [5.41, 5.74) is 2.24. The summed E-state index contributed by atoms with van der Waals surface area (Å²) in [4.78, 5) is 0. The van der Waals surface area contributed by atoms with Gasteiger partial charge < -0.3 is 13.7 Å². The van der Waals surface area contributed by atoms with Gasteiger partial charge >= 0.3 is 0 Å². The van der Waals surface area contributed by atoms with Crippen molar-refractivity contribution in [1.29, 1.82) is 0 Å². The van der Waals surface area contributed by atoms with E-state index in [0.717, 1.165) is 0 Å². The molecule has 0 rings (SSSR count). The highest BCUT2D eigenvalue weighted by atomic mass is 28.4. The Kier molecular flexibility index (Phi) is 10.8. The third kappa shape index (κ3) is 7.65. The monoisotopic (exact) mass is 357 g/mol. The second kappa shape index (κ2) is 10.8. The van der Waals surface area contributed by atoms with Gasteiger partial charge in [0.1, 0.15) is 0 Å². The van der Waals surface area contributed by atoms with Gasteiger partial charge in [0.2, 0.25) is 0 Å². The van der Waals surface area contributed by atoms with Crippen molar-refractivity contribution in [2.75, 3.05) is 42.3 Å².